The average Bonchev–Trinajstić information content (AvgIpc) is 2.96. The molecule has 128 valence electrons. The number of hydrogen-bond donors (Lipinski definition) is 3. The highest BCUT2D eigenvalue weighted by Gasteiger charge is 2.26. The quantitative estimate of drug-likeness (QED) is 0.799. The molecule has 2 aromatic carbocycles. The lowest BCUT2D eigenvalue weighted by molar-refractivity contribution is -0.137. The number of rotatable bonds is 4. The first-order chi connectivity index (χ1) is 11.5. The summed E-state index contributed by atoms with van der Waals surface area (Å²) < 4.78 is 5.27. The van der Waals surface area contributed by atoms with Crippen molar-refractivity contribution >= 4 is 5.97 Å². The molecule has 0 unspecified atom stereocenters. The number of aromatic hydroxyl groups is 1. The van der Waals surface area contributed by atoms with Crippen LogP contribution in [0.5, 0.6) is 11.5 Å². The summed E-state index contributed by atoms with van der Waals surface area (Å²) in [4.78, 5) is 10.5. The van der Waals surface area contributed by atoms with Crippen LogP contribution in [0.2, 0.25) is 0 Å². The fourth-order valence-corrected chi connectivity index (χ4v) is 2.58. The minimum absolute atomic E-state index is 0.0672. The van der Waals surface area contributed by atoms with Gasteiger partial charge >= 0.3 is 5.97 Å². The highest BCUT2D eigenvalue weighted by atomic mass is 16.5. The monoisotopic (exact) mass is 329 g/mol. The maximum atomic E-state index is 10.5. The van der Waals surface area contributed by atoms with E-state index in [9.17, 15) is 4.79 Å². The molecule has 5 heteroatoms. The number of benzene rings is 2. The largest absolute Gasteiger partial charge is 0.508 e. The van der Waals surface area contributed by atoms with Gasteiger partial charge in [-0.1, -0.05) is 43.3 Å². The number of phenolic OH excluding ortho intramolecular Hbond substituents is 1. The first-order valence-corrected chi connectivity index (χ1v) is 7.99. The van der Waals surface area contributed by atoms with Crippen LogP contribution in [0.4, 0.5) is 0 Å². The van der Waals surface area contributed by atoms with Crippen molar-refractivity contribution in [1.82, 2.24) is 0 Å². The molecule has 24 heavy (non-hydrogen) atoms. The topological polar surface area (TPSA) is 92.8 Å². The third-order valence-corrected chi connectivity index (χ3v) is 3.97. The van der Waals surface area contributed by atoms with Crippen LogP contribution in [0.3, 0.4) is 0 Å². The predicted molar refractivity (Wildman–Crippen MR) is 92.3 cm³/mol. The van der Waals surface area contributed by atoms with E-state index in [1.165, 1.54) is 11.6 Å². The Balaban J connectivity index is 0.000000185. The summed E-state index contributed by atoms with van der Waals surface area (Å²) in [6.07, 6.45) is 1.07. The van der Waals surface area contributed by atoms with E-state index in [4.69, 9.17) is 20.7 Å². The third kappa shape index (κ3) is 4.73. The van der Waals surface area contributed by atoms with Crippen LogP contribution in [0, 0.1) is 0 Å². The molecular formula is C19H23NO4. The molecule has 0 radical (unpaired) electrons. The first kappa shape index (κ1) is 17.8. The number of nitrogens with two attached hydrogens (primary N) is 1. The summed E-state index contributed by atoms with van der Waals surface area (Å²) in [6, 6.07) is 15.1. The van der Waals surface area contributed by atoms with Gasteiger partial charge in [0.1, 0.15) is 11.5 Å². The minimum Gasteiger partial charge on any atom is -0.508 e. The molecule has 0 spiro atoms. The lowest BCUT2D eigenvalue weighted by Crippen LogP contribution is -2.07. The van der Waals surface area contributed by atoms with E-state index in [1.807, 2.05) is 18.2 Å². The number of phenols is 1. The molecule has 0 aliphatic carbocycles. The second kappa shape index (κ2) is 8.36. The first-order valence-electron chi connectivity index (χ1n) is 7.99. The van der Waals surface area contributed by atoms with Gasteiger partial charge in [-0.3, -0.25) is 4.79 Å². The molecule has 0 bridgehead atoms. The normalized spacial score (nSPS) is 16.3. The number of hydrogen-bond acceptors (Lipinski definition) is 4. The number of ether oxygens (including phenoxy) is 1. The molecule has 0 fully saturated rings. The molecule has 0 saturated carbocycles. The van der Waals surface area contributed by atoms with E-state index in [0.29, 0.717) is 12.4 Å². The zero-order valence-electron chi connectivity index (χ0n) is 13.7. The summed E-state index contributed by atoms with van der Waals surface area (Å²) >= 11 is 0. The van der Waals surface area contributed by atoms with Crippen LogP contribution in [-0.4, -0.2) is 22.8 Å². The van der Waals surface area contributed by atoms with Crippen molar-refractivity contribution in [3.05, 3.63) is 59.7 Å². The lowest BCUT2D eigenvalue weighted by Gasteiger charge is -2.06. The Morgan fingerprint density at radius 1 is 1.29 bits per heavy atom. The Bertz CT molecular complexity index is 672. The van der Waals surface area contributed by atoms with Gasteiger partial charge in [0.15, 0.2) is 0 Å². The van der Waals surface area contributed by atoms with E-state index >= 15 is 0 Å². The predicted octanol–water partition coefficient (Wildman–Crippen LogP) is 3.44. The number of carbonyl (C=O) groups is 1. The molecule has 2 aromatic rings. The van der Waals surface area contributed by atoms with Crippen molar-refractivity contribution in [2.24, 2.45) is 5.73 Å². The summed E-state index contributed by atoms with van der Waals surface area (Å²) in [5, 5.41) is 17.8. The van der Waals surface area contributed by atoms with Crippen molar-refractivity contribution in [1.29, 1.82) is 0 Å². The van der Waals surface area contributed by atoms with Gasteiger partial charge in [0.05, 0.1) is 13.0 Å². The standard InChI is InChI=1S/C10H10O4.C9H13N/c11-7-1-2-8-6(3-10(12)13)5-14-9(8)4-7;1-2-9(10)8-6-4-3-5-7-8/h1-2,4,6,11H,3,5H2,(H,12,13);3-7,9H,2,10H2,1H3/t6-;9-/m11/s1. The number of carboxylic acid groups (broad SMARTS) is 1. The highest BCUT2D eigenvalue weighted by Crippen LogP contribution is 2.37. The second-order valence-corrected chi connectivity index (χ2v) is 5.75. The van der Waals surface area contributed by atoms with Crippen LogP contribution in [-0.2, 0) is 4.79 Å². The Kier molecular flexibility index (Phi) is 6.21. The minimum atomic E-state index is -0.834. The van der Waals surface area contributed by atoms with E-state index in [1.54, 1.807) is 12.1 Å². The molecule has 3 rings (SSSR count). The molecule has 5 nitrogen and oxygen atoms in total. The van der Waals surface area contributed by atoms with Gasteiger partial charge in [-0.05, 0) is 18.1 Å². The molecule has 2 atom stereocenters. The lowest BCUT2D eigenvalue weighted by atomic mass is 9.98. The summed E-state index contributed by atoms with van der Waals surface area (Å²) in [5.41, 5.74) is 7.89. The van der Waals surface area contributed by atoms with Crippen molar-refractivity contribution < 1.29 is 19.7 Å². The summed E-state index contributed by atoms with van der Waals surface area (Å²) in [5.74, 6) is -0.196. The molecule has 1 heterocycles. The van der Waals surface area contributed by atoms with Gasteiger partial charge in [-0.15, -0.1) is 0 Å². The molecule has 0 aromatic heterocycles. The van der Waals surface area contributed by atoms with E-state index < -0.39 is 5.97 Å². The molecule has 0 saturated heterocycles. The van der Waals surface area contributed by atoms with Crippen molar-refractivity contribution in [3.8, 4) is 11.5 Å². The average molecular weight is 329 g/mol. The van der Waals surface area contributed by atoms with Gasteiger partial charge in [-0.2, -0.15) is 0 Å². The van der Waals surface area contributed by atoms with E-state index in [-0.39, 0.29) is 24.1 Å². The Morgan fingerprint density at radius 2 is 2.00 bits per heavy atom. The SMILES string of the molecule is CC[C@@H](N)c1ccccc1.O=C(O)C[C@@H]1COc2cc(O)ccc21. The van der Waals surface area contributed by atoms with Crippen LogP contribution < -0.4 is 10.5 Å². The summed E-state index contributed by atoms with van der Waals surface area (Å²) in [7, 11) is 0. The fraction of sp³-hybridized carbons (Fsp3) is 0.316. The van der Waals surface area contributed by atoms with Crippen LogP contribution in [0.1, 0.15) is 42.9 Å². The van der Waals surface area contributed by atoms with E-state index in [0.717, 1.165) is 12.0 Å². The second-order valence-electron chi connectivity index (χ2n) is 5.75. The van der Waals surface area contributed by atoms with Gasteiger partial charge in [0, 0.05) is 23.6 Å². The van der Waals surface area contributed by atoms with Crippen molar-refractivity contribution in [2.75, 3.05) is 6.61 Å². The number of aliphatic carboxylic acids is 1. The smallest absolute Gasteiger partial charge is 0.304 e. The molecule has 1 aliphatic rings. The molecular weight excluding hydrogens is 306 g/mol. The van der Waals surface area contributed by atoms with Gasteiger partial charge in [-0.25, -0.2) is 0 Å². The number of carboxylic acids is 1. The van der Waals surface area contributed by atoms with Crippen molar-refractivity contribution in [3.63, 3.8) is 0 Å². The molecule has 4 N–H and O–H groups in total. The number of fused-ring (bicyclic) bond motifs is 1. The Hall–Kier alpha value is -2.53. The zero-order chi connectivity index (χ0) is 17.5. The molecule has 0 amide bonds. The van der Waals surface area contributed by atoms with Crippen LogP contribution >= 0.6 is 0 Å². The zero-order valence-corrected chi connectivity index (χ0v) is 13.7. The van der Waals surface area contributed by atoms with Gasteiger partial charge in [0.2, 0.25) is 0 Å². The Morgan fingerprint density at radius 3 is 2.62 bits per heavy atom. The van der Waals surface area contributed by atoms with Crippen molar-refractivity contribution in [2.45, 2.75) is 31.7 Å². The highest BCUT2D eigenvalue weighted by molar-refractivity contribution is 5.68. The summed E-state index contributed by atoms with van der Waals surface area (Å²) in [6.45, 7) is 2.47. The maximum absolute atomic E-state index is 10.5. The van der Waals surface area contributed by atoms with Crippen LogP contribution in [0.25, 0.3) is 0 Å². The van der Waals surface area contributed by atoms with E-state index in [2.05, 4.69) is 19.1 Å². The van der Waals surface area contributed by atoms with Gasteiger partial charge in [0.25, 0.3) is 0 Å². The van der Waals surface area contributed by atoms with Crippen LogP contribution in [0.15, 0.2) is 48.5 Å². The molecule has 1 aliphatic heterocycles. The maximum Gasteiger partial charge on any atom is 0.304 e. The Labute approximate surface area is 141 Å². The fourth-order valence-electron chi connectivity index (χ4n) is 2.58. The third-order valence-electron chi connectivity index (χ3n) is 3.97. The van der Waals surface area contributed by atoms with Gasteiger partial charge < -0.3 is 20.7 Å².